The van der Waals surface area contributed by atoms with Crippen LogP contribution >= 0.6 is 22.7 Å². The molecule has 0 amide bonds. The van der Waals surface area contributed by atoms with E-state index in [2.05, 4.69) is 65.8 Å². The molecule has 0 aliphatic carbocycles. The molecular formula is C18H22S2. The molecule has 0 radical (unpaired) electrons. The third-order valence-corrected chi connectivity index (χ3v) is 5.46. The summed E-state index contributed by atoms with van der Waals surface area (Å²) in [6, 6.07) is 4.63. The van der Waals surface area contributed by atoms with E-state index in [0.717, 1.165) is 0 Å². The van der Waals surface area contributed by atoms with Crippen molar-refractivity contribution in [2.45, 2.75) is 41.5 Å². The van der Waals surface area contributed by atoms with Crippen LogP contribution in [0.25, 0.3) is 11.1 Å². The van der Waals surface area contributed by atoms with E-state index < -0.39 is 0 Å². The number of hydrogen-bond acceptors (Lipinski definition) is 2. The molecule has 0 fully saturated rings. The van der Waals surface area contributed by atoms with Gasteiger partial charge >= 0.3 is 0 Å². The zero-order valence-corrected chi connectivity index (χ0v) is 14.8. The molecule has 2 aromatic rings. The topological polar surface area (TPSA) is 0 Å². The summed E-state index contributed by atoms with van der Waals surface area (Å²) in [5, 5.41) is 0. The van der Waals surface area contributed by atoms with Gasteiger partial charge in [-0.25, -0.2) is 0 Å². The summed E-state index contributed by atoms with van der Waals surface area (Å²) in [5.74, 6) is 0. The van der Waals surface area contributed by atoms with Gasteiger partial charge in [-0.2, -0.15) is 0 Å². The summed E-state index contributed by atoms with van der Waals surface area (Å²) in [6.45, 7) is 13.1. The van der Waals surface area contributed by atoms with Crippen molar-refractivity contribution >= 4 is 33.8 Å². The van der Waals surface area contributed by atoms with Crippen molar-refractivity contribution in [3.8, 4) is 0 Å². The van der Waals surface area contributed by atoms with Gasteiger partial charge in [0.05, 0.1) is 0 Å². The Hall–Kier alpha value is -1.12. The van der Waals surface area contributed by atoms with Gasteiger partial charge in [0.2, 0.25) is 0 Å². The predicted molar refractivity (Wildman–Crippen MR) is 94.9 cm³/mol. The maximum atomic E-state index is 2.31. The zero-order valence-electron chi connectivity index (χ0n) is 13.1. The third-order valence-electron chi connectivity index (χ3n) is 3.53. The van der Waals surface area contributed by atoms with E-state index in [9.17, 15) is 0 Å². The number of allylic oxidation sites excluding steroid dienone is 4. The molecule has 2 heteroatoms. The van der Waals surface area contributed by atoms with E-state index in [-0.39, 0.29) is 0 Å². The Balaban J connectivity index is 2.56. The second kappa shape index (κ2) is 6.11. The van der Waals surface area contributed by atoms with E-state index in [0.29, 0.717) is 0 Å². The van der Waals surface area contributed by atoms with Crippen molar-refractivity contribution in [3.63, 3.8) is 0 Å². The van der Waals surface area contributed by atoms with Crippen molar-refractivity contribution in [1.82, 2.24) is 0 Å². The first kappa shape index (κ1) is 15.3. The highest BCUT2D eigenvalue weighted by molar-refractivity contribution is 7.12. The number of aryl methyl sites for hydroxylation is 4. The van der Waals surface area contributed by atoms with Crippen molar-refractivity contribution in [2.24, 2.45) is 0 Å². The van der Waals surface area contributed by atoms with Crippen LogP contribution in [0.15, 0.2) is 24.3 Å². The van der Waals surface area contributed by atoms with Gasteiger partial charge in [0.1, 0.15) is 0 Å². The largest absolute Gasteiger partial charge is 0.145 e. The molecular weight excluding hydrogens is 280 g/mol. The third kappa shape index (κ3) is 2.82. The summed E-state index contributed by atoms with van der Waals surface area (Å²) in [5.41, 5.74) is 5.48. The summed E-state index contributed by atoms with van der Waals surface area (Å²) in [6.07, 6.45) is 4.49. The first-order valence-electron chi connectivity index (χ1n) is 6.95. The van der Waals surface area contributed by atoms with Gasteiger partial charge in [-0.1, -0.05) is 12.2 Å². The maximum Gasteiger partial charge on any atom is 0.00955 e. The highest BCUT2D eigenvalue weighted by atomic mass is 32.1. The van der Waals surface area contributed by atoms with Crippen LogP contribution in [0.2, 0.25) is 0 Å². The van der Waals surface area contributed by atoms with Gasteiger partial charge in [-0.3, -0.25) is 0 Å². The minimum Gasteiger partial charge on any atom is -0.145 e. The van der Waals surface area contributed by atoms with Crippen molar-refractivity contribution in [2.75, 3.05) is 0 Å². The van der Waals surface area contributed by atoms with E-state index in [1.54, 1.807) is 0 Å². The Kier molecular flexibility index (Phi) is 4.66. The molecule has 0 unspecified atom stereocenters. The highest BCUT2D eigenvalue weighted by Crippen LogP contribution is 2.39. The summed E-state index contributed by atoms with van der Waals surface area (Å²) in [7, 11) is 0. The van der Waals surface area contributed by atoms with Crippen molar-refractivity contribution in [3.05, 3.63) is 54.9 Å². The molecule has 0 nitrogen and oxygen atoms in total. The van der Waals surface area contributed by atoms with Gasteiger partial charge in [0.25, 0.3) is 0 Å². The smallest absolute Gasteiger partial charge is 0.00955 e. The van der Waals surface area contributed by atoms with Gasteiger partial charge in [-0.05, 0) is 75.9 Å². The molecule has 0 aliphatic heterocycles. The molecule has 106 valence electrons. The molecule has 0 saturated carbocycles. The zero-order chi connectivity index (χ0) is 14.9. The summed E-state index contributed by atoms with van der Waals surface area (Å²) >= 11 is 3.76. The number of rotatable bonds is 3. The fourth-order valence-corrected chi connectivity index (χ4v) is 4.59. The van der Waals surface area contributed by atoms with Crippen LogP contribution in [0.5, 0.6) is 0 Å². The molecule has 0 bridgehead atoms. The quantitative estimate of drug-likeness (QED) is 0.564. The first-order chi connectivity index (χ1) is 9.47. The molecule has 0 aromatic carbocycles. The second-order valence-electron chi connectivity index (χ2n) is 5.06. The molecule has 0 saturated heterocycles. The van der Waals surface area contributed by atoms with Gasteiger partial charge in [0, 0.05) is 19.5 Å². The van der Waals surface area contributed by atoms with Crippen molar-refractivity contribution < 1.29 is 0 Å². The van der Waals surface area contributed by atoms with Gasteiger partial charge in [-0.15, -0.1) is 22.7 Å². The summed E-state index contributed by atoms with van der Waals surface area (Å²) < 4.78 is 0. The average molecular weight is 303 g/mol. The van der Waals surface area contributed by atoms with E-state index >= 15 is 0 Å². The van der Waals surface area contributed by atoms with E-state index in [1.165, 1.54) is 41.8 Å². The molecule has 0 spiro atoms. The van der Waals surface area contributed by atoms with E-state index in [1.807, 2.05) is 22.7 Å². The number of thiophene rings is 2. The normalized spacial score (nSPS) is 13.1. The highest BCUT2D eigenvalue weighted by Gasteiger charge is 2.16. The van der Waals surface area contributed by atoms with Crippen LogP contribution in [-0.2, 0) is 0 Å². The molecule has 2 aromatic heterocycles. The molecule has 20 heavy (non-hydrogen) atoms. The van der Waals surface area contributed by atoms with Crippen LogP contribution < -0.4 is 0 Å². The lowest BCUT2D eigenvalue weighted by molar-refractivity contribution is 1.50. The van der Waals surface area contributed by atoms with E-state index in [4.69, 9.17) is 0 Å². The lowest BCUT2D eigenvalue weighted by Gasteiger charge is -2.12. The maximum absolute atomic E-state index is 2.31. The van der Waals surface area contributed by atoms with Crippen LogP contribution in [0.3, 0.4) is 0 Å². The predicted octanol–water partition coefficient (Wildman–Crippen LogP) is 6.55. The molecule has 0 aliphatic rings. The minimum atomic E-state index is 1.36. The molecule has 0 atom stereocenters. The lowest BCUT2D eigenvalue weighted by Crippen LogP contribution is -1.91. The summed E-state index contributed by atoms with van der Waals surface area (Å²) in [4.78, 5) is 5.56. The fourth-order valence-electron chi connectivity index (χ4n) is 2.71. The van der Waals surface area contributed by atoms with Crippen LogP contribution in [0.1, 0.15) is 44.5 Å². The SMILES string of the molecule is C/C=C(\C(=C/C)c1cc(C)sc1C)c1cc(C)sc1C. The van der Waals surface area contributed by atoms with Crippen LogP contribution in [0, 0.1) is 27.7 Å². The van der Waals surface area contributed by atoms with Crippen LogP contribution in [-0.4, -0.2) is 0 Å². The Morgan fingerprint density at radius 3 is 1.30 bits per heavy atom. The molecule has 2 heterocycles. The monoisotopic (exact) mass is 302 g/mol. The average Bonchev–Trinajstić information content (AvgIpc) is 2.88. The standard InChI is InChI=1S/C18H22S2/c1-7-15(17-9-11(3)19-13(17)5)16(8-2)18-10-12(4)20-14(18)6/h7-10H,1-6H3/b15-7+,16-8+. The number of hydrogen-bond donors (Lipinski definition) is 0. The van der Waals surface area contributed by atoms with Gasteiger partial charge in [0.15, 0.2) is 0 Å². The Morgan fingerprint density at radius 2 is 1.10 bits per heavy atom. The fraction of sp³-hybridized carbons (Fsp3) is 0.333. The van der Waals surface area contributed by atoms with Crippen LogP contribution in [0.4, 0.5) is 0 Å². The molecule has 2 rings (SSSR count). The first-order valence-corrected chi connectivity index (χ1v) is 8.59. The Morgan fingerprint density at radius 1 is 0.750 bits per heavy atom. The minimum absolute atomic E-state index is 1.36. The Labute approximate surface area is 130 Å². The van der Waals surface area contributed by atoms with Crippen molar-refractivity contribution in [1.29, 1.82) is 0 Å². The lowest BCUT2D eigenvalue weighted by atomic mass is 9.92. The Bertz CT molecular complexity index is 618. The molecule has 0 N–H and O–H groups in total. The van der Waals surface area contributed by atoms with Gasteiger partial charge < -0.3 is 0 Å². The second-order valence-corrected chi connectivity index (χ2v) is 7.98.